The van der Waals surface area contributed by atoms with E-state index in [2.05, 4.69) is 17.3 Å². The lowest BCUT2D eigenvalue weighted by atomic mass is 9.84. The molecule has 1 saturated carbocycles. The number of nitrogens with one attached hydrogen (secondary N) is 1. The summed E-state index contributed by atoms with van der Waals surface area (Å²) in [7, 11) is -5.61. The van der Waals surface area contributed by atoms with E-state index in [1.165, 1.54) is 55.9 Å². The van der Waals surface area contributed by atoms with Crippen molar-refractivity contribution in [3.8, 4) is 0 Å². The van der Waals surface area contributed by atoms with Gasteiger partial charge in [0.05, 0.1) is 11.4 Å². The second-order valence-electron chi connectivity index (χ2n) is 8.72. The minimum Gasteiger partial charge on any atom is -0.391 e. The molecule has 1 aliphatic carbocycles. The molecule has 2 aromatic carbocycles. The van der Waals surface area contributed by atoms with Crippen molar-refractivity contribution in [3.63, 3.8) is 0 Å². The molecule has 10 heteroatoms. The van der Waals surface area contributed by atoms with Gasteiger partial charge in [-0.3, -0.25) is 4.72 Å². The molecule has 2 aromatic rings. The minimum absolute atomic E-state index is 0.114. The van der Waals surface area contributed by atoms with Gasteiger partial charge in [0.25, 0.3) is 0 Å². The Morgan fingerprint density at radius 3 is 2.35 bits per heavy atom. The third kappa shape index (κ3) is 6.66. The van der Waals surface area contributed by atoms with Crippen LogP contribution in [0, 0.1) is 5.92 Å². The van der Waals surface area contributed by atoms with E-state index in [9.17, 15) is 21.6 Å². The molecule has 0 saturated heterocycles. The fraction of sp³-hybridized carbons (Fsp3) is 0.458. The second kappa shape index (κ2) is 11.0. The average Bonchev–Trinajstić information content (AvgIpc) is 2.78. The summed E-state index contributed by atoms with van der Waals surface area (Å²) in [5, 5.41) is 4.36. The zero-order chi connectivity index (χ0) is 24.9. The Morgan fingerprint density at radius 2 is 1.76 bits per heavy atom. The maximum atomic E-state index is 12.9. The average molecular weight is 517 g/mol. The molecule has 1 aliphatic rings. The first kappa shape index (κ1) is 26.3. The summed E-state index contributed by atoms with van der Waals surface area (Å²) in [6.07, 6.45) is 6.22. The summed E-state index contributed by atoms with van der Waals surface area (Å²) < 4.78 is 63.6. The van der Waals surface area contributed by atoms with Gasteiger partial charge >= 0.3 is 15.5 Å². The first-order chi connectivity index (χ1) is 16.0. The van der Waals surface area contributed by atoms with Crippen LogP contribution in [0.2, 0.25) is 5.02 Å². The zero-order valence-corrected chi connectivity index (χ0v) is 20.6. The normalized spacial score (nSPS) is 16.0. The highest BCUT2D eigenvalue weighted by molar-refractivity contribution is 7.93. The van der Waals surface area contributed by atoms with Crippen LogP contribution in [-0.4, -0.2) is 19.6 Å². The van der Waals surface area contributed by atoms with Crippen LogP contribution in [0.3, 0.4) is 0 Å². The maximum Gasteiger partial charge on any atom is 0.516 e. The van der Waals surface area contributed by atoms with Gasteiger partial charge in [-0.1, -0.05) is 74.1 Å². The van der Waals surface area contributed by atoms with Crippen molar-refractivity contribution >= 4 is 33.0 Å². The van der Waals surface area contributed by atoms with Crippen molar-refractivity contribution < 1.29 is 26.4 Å². The van der Waals surface area contributed by atoms with Gasteiger partial charge in [0.1, 0.15) is 6.61 Å². The van der Waals surface area contributed by atoms with E-state index in [0.29, 0.717) is 5.92 Å². The Kier molecular flexibility index (Phi) is 8.52. The third-order valence-electron chi connectivity index (χ3n) is 5.80. The SMILES string of the molecule is CC(C)/C(=N\OCc1ccc(C2CCCCC2)cc1)c1cc(Cl)ccc1NS(=O)(=O)C(F)(F)F. The molecule has 0 aromatic heterocycles. The van der Waals surface area contributed by atoms with Gasteiger partial charge in [-0.15, -0.1) is 0 Å². The number of rotatable bonds is 8. The number of hydrogen-bond donors (Lipinski definition) is 1. The van der Waals surface area contributed by atoms with E-state index >= 15 is 0 Å². The molecule has 0 amide bonds. The molecule has 1 N–H and O–H groups in total. The fourth-order valence-corrected chi connectivity index (χ4v) is 4.74. The first-order valence-electron chi connectivity index (χ1n) is 11.2. The van der Waals surface area contributed by atoms with Crippen LogP contribution in [0.5, 0.6) is 0 Å². The fourth-order valence-electron chi connectivity index (χ4n) is 3.98. The smallest absolute Gasteiger partial charge is 0.391 e. The Morgan fingerprint density at radius 1 is 1.12 bits per heavy atom. The molecular formula is C24H28ClF3N2O3S. The van der Waals surface area contributed by atoms with Crippen LogP contribution in [0.25, 0.3) is 0 Å². The van der Waals surface area contributed by atoms with Crippen molar-refractivity contribution in [2.24, 2.45) is 11.1 Å². The number of halogens is 4. The topological polar surface area (TPSA) is 67.8 Å². The van der Waals surface area contributed by atoms with Crippen LogP contribution in [0.15, 0.2) is 47.6 Å². The highest BCUT2D eigenvalue weighted by atomic mass is 35.5. The summed E-state index contributed by atoms with van der Waals surface area (Å²) in [6.45, 7) is 3.69. The quantitative estimate of drug-likeness (QED) is 0.297. The van der Waals surface area contributed by atoms with Gasteiger partial charge < -0.3 is 4.84 Å². The molecule has 0 aliphatic heterocycles. The molecule has 1 fully saturated rings. The monoisotopic (exact) mass is 516 g/mol. The summed E-state index contributed by atoms with van der Waals surface area (Å²) >= 11 is 6.04. The number of anilines is 1. The Hall–Kier alpha value is -2.26. The number of sulfonamides is 1. The molecule has 0 heterocycles. The second-order valence-corrected chi connectivity index (χ2v) is 10.8. The number of hydrogen-bond acceptors (Lipinski definition) is 4. The van der Waals surface area contributed by atoms with Crippen molar-refractivity contribution in [2.45, 2.75) is 64.0 Å². The molecule has 0 bridgehead atoms. The molecular weight excluding hydrogens is 489 g/mol. The highest BCUT2D eigenvalue weighted by Gasteiger charge is 2.46. The summed E-state index contributed by atoms with van der Waals surface area (Å²) in [4.78, 5) is 5.52. The van der Waals surface area contributed by atoms with E-state index in [1.807, 2.05) is 12.1 Å². The molecule has 34 heavy (non-hydrogen) atoms. The van der Waals surface area contributed by atoms with E-state index < -0.39 is 15.5 Å². The van der Waals surface area contributed by atoms with Crippen LogP contribution in [0.1, 0.15) is 68.6 Å². The molecule has 0 spiro atoms. The first-order valence-corrected chi connectivity index (χ1v) is 13.0. The lowest BCUT2D eigenvalue weighted by molar-refractivity contribution is -0.0429. The van der Waals surface area contributed by atoms with Crippen molar-refractivity contribution in [1.29, 1.82) is 0 Å². The lowest BCUT2D eigenvalue weighted by Crippen LogP contribution is -2.30. The van der Waals surface area contributed by atoms with Gasteiger partial charge in [-0.05, 0) is 54.0 Å². The summed E-state index contributed by atoms with van der Waals surface area (Å²) in [5.41, 5.74) is -3.15. The standard InChI is InChI=1S/C24H28ClF3N2O3S/c1-16(2)23(21-14-20(25)12-13-22(21)30-34(31,32)24(26,27)28)29-33-15-17-8-10-19(11-9-17)18-6-4-3-5-7-18/h8-14,16,18,30H,3-7,15H2,1-2H3/b29-23+. The van der Waals surface area contributed by atoms with Crippen LogP contribution in [-0.2, 0) is 21.5 Å². The number of alkyl halides is 3. The van der Waals surface area contributed by atoms with Crippen LogP contribution in [0.4, 0.5) is 18.9 Å². The van der Waals surface area contributed by atoms with Crippen LogP contribution >= 0.6 is 11.6 Å². The molecule has 3 rings (SSSR count). The molecule has 0 radical (unpaired) electrons. The summed E-state index contributed by atoms with van der Waals surface area (Å²) in [5.74, 6) is 0.303. The minimum atomic E-state index is -5.61. The molecule has 0 atom stereocenters. The van der Waals surface area contributed by atoms with Crippen molar-refractivity contribution in [2.75, 3.05) is 4.72 Å². The number of nitrogens with zero attached hydrogens (tertiary/aromatic N) is 1. The number of benzene rings is 2. The Labute approximate surface area is 203 Å². The zero-order valence-electron chi connectivity index (χ0n) is 19.0. The predicted molar refractivity (Wildman–Crippen MR) is 128 cm³/mol. The van der Waals surface area contributed by atoms with E-state index in [-0.39, 0.29) is 34.5 Å². The molecule has 0 unspecified atom stereocenters. The van der Waals surface area contributed by atoms with Gasteiger partial charge in [-0.2, -0.15) is 21.6 Å². The van der Waals surface area contributed by atoms with Crippen molar-refractivity contribution in [1.82, 2.24) is 0 Å². The number of oxime groups is 1. The van der Waals surface area contributed by atoms with Gasteiger partial charge in [0.2, 0.25) is 0 Å². The van der Waals surface area contributed by atoms with Gasteiger partial charge in [0, 0.05) is 10.6 Å². The van der Waals surface area contributed by atoms with E-state index in [1.54, 1.807) is 18.6 Å². The van der Waals surface area contributed by atoms with Gasteiger partial charge in [-0.25, -0.2) is 0 Å². The Balaban J connectivity index is 1.78. The van der Waals surface area contributed by atoms with Crippen LogP contribution < -0.4 is 4.72 Å². The van der Waals surface area contributed by atoms with E-state index in [0.717, 1.165) is 5.56 Å². The highest BCUT2D eigenvalue weighted by Crippen LogP contribution is 2.33. The molecule has 5 nitrogen and oxygen atoms in total. The van der Waals surface area contributed by atoms with E-state index in [4.69, 9.17) is 16.4 Å². The maximum absolute atomic E-state index is 12.9. The lowest BCUT2D eigenvalue weighted by Gasteiger charge is -2.22. The largest absolute Gasteiger partial charge is 0.516 e. The third-order valence-corrected chi connectivity index (χ3v) is 7.14. The Bertz CT molecular complexity index is 1110. The summed E-state index contributed by atoms with van der Waals surface area (Å²) in [6, 6.07) is 12.0. The predicted octanol–water partition coefficient (Wildman–Crippen LogP) is 7.23. The molecule has 186 valence electrons. The van der Waals surface area contributed by atoms with Gasteiger partial charge in [0.15, 0.2) is 0 Å². The van der Waals surface area contributed by atoms with Crippen molar-refractivity contribution in [3.05, 3.63) is 64.2 Å².